The number of ether oxygens (including phenoxy) is 1. The van der Waals surface area contributed by atoms with Crippen molar-refractivity contribution >= 4 is 36.0 Å². The molecule has 1 aliphatic heterocycles. The Morgan fingerprint density at radius 1 is 1.16 bits per heavy atom. The number of benzene rings is 1. The smallest absolute Gasteiger partial charge is 0.410 e. The Bertz CT molecular complexity index is 710. The first-order chi connectivity index (χ1) is 14.7. The molecule has 7 nitrogen and oxygen atoms in total. The topological polar surface area (TPSA) is 69.2 Å². The number of rotatable bonds is 7. The summed E-state index contributed by atoms with van der Waals surface area (Å²) >= 11 is 0. The lowest BCUT2D eigenvalue weighted by Gasteiger charge is -2.29. The van der Waals surface area contributed by atoms with Crippen molar-refractivity contribution < 1.29 is 9.53 Å². The first-order valence-corrected chi connectivity index (χ1v) is 11.4. The van der Waals surface area contributed by atoms with E-state index in [1.165, 1.54) is 25.9 Å². The van der Waals surface area contributed by atoms with E-state index in [9.17, 15) is 4.79 Å². The lowest BCUT2D eigenvalue weighted by Crippen LogP contribution is -2.42. The van der Waals surface area contributed by atoms with Crippen molar-refractivity contribution in [1.82, 2.24) is 20.4 Å². The normalized spacial score (nSPS) is 15.6. The van der Waals surface area contributed by atoms with Crippen molar-refractivity contribution in [2.75, 3.05) is 40.3 Å². The molecule has 1 heterocycles. The van der Waals surface area contributed by atoms with Crippen LogP contribution in [-0.4, -0.2) is 67.7 Å². The molecule has 0 aliphatic carbocycles. The number of hydrogen-bond donors (Lipinski definition) is 2. The van der Waals surface area contributed by atoms with Crippen LogP contribution in [0.1, 0.15) is 51.7 Å². The molecule has 0 bridgehead atoms. The molecule has 0 spiro atoms. The molecule has 2 rings (SSSR count). The van der Waals surface area contributed by atoms with Gasteiger partial charge in [0.15, 0.2) is 5.96 Å². The van der Waals surface area contributed by atoms with Crippen LogP contribution in [-0.2, 0) is 17.8 Å². The van der Waals surface area contributed by atoms with Crippen molar-refractivity contribution in [3.8, 4) is 0 Å². The largest absolute Gasteiger partial charge is 0.444 e. The lowest BCUT2D eigenvalue weighted by atomic mass is 9.97. The number of carbonyl (C=O) groups excluding carboxylic acids is 1. The van der Waals surface area contributed by atoms with E-state index < -0.39 is 5.60 Å². The molecular weight excluding hydrogens is 517 g/mol. The van der Waals surface area contributed by atoms with Gasteiger partial charge in [0.1, 0.15) is 5.60 Å². The average molecular weight is 560 g/mol. The molecule has 1 amide bonds. The molecule has 1 aliphatic rings. The standard InChI is InChI=1S/C24H41N5O2.HI/c1-7-25-22(27-17-20-12-14-28(5)15-13-20)26-16-19-8-10-21(11-9-19)18-29(6)23(30)31-24(2,3)4;/h8-11,20H,7,12-18H2,1-6H3,(H2,25,26,27);1H. The molecule has 1 saturated heterocycles. The summed E-state index contributed by atoms with van der Waals surface area (Å²) in [5.41, 5.74) is 1.72. The number of likely N-dealkylation sites (tertiary alicyclic amines) is 1. The zero-order valence-electron chi connectivity index (χ0n) is 20.6. The van der Waals surface area contributed by atoms with Gasteiger partial charge in [0.2, 0.25) is 0 Å². The minimum absolute atomic E-state index is 0. The highest BCUT2D eigenvalue weighted by molar-refractivity contribution is 14.0. The second kappa shape index (κ2) is 13.9. The molecule has 1 fully saturated rings. The molecule has 0 saturated carbocycles. The van der Waals surface area contributed by atoms with Crippen LogP contribution >= 0.6 is 24.0 Å². The molecule has 182 valence electrons. The van der Waals surface area contributed by atoms with Gasteiger partial charge in [0, 0.05) is 26.7 Å². The van der Waals surface area contributed by atoms with E-state index in [0.717, 1.165) is 30.2 Å². The number of halogens is 1. The van der Waals surface area contributed by atoms with Crippen LogP contribution < -0.4 is 10.6 Å². The highest BCUT2D eigenvalue weighted by Gasteiger charge is 2.19. The number of hydrogen-bond acceptors (Lipinski definition) is 4. The van der Waals surface area contributed by atoms with Gasteiger partial charge in [-0.2, -0.15) is 0 Å². The minimum atomic E-state index is -0.487. The predicted molar refractivity (Wildman–Crippen MR) is 143 cm³/mol. The maximum Gasteiger partial charge on any atom is 0.410 e. The van der Waals surface area contributed by atoms with Crippen LogP contribution in [0.25, 0.3) is 0 Å². The van der Waals surface area contributed by atoms with Gasteiger partial charge < -0.3 is 25.2 Å². The molecule has 8 heteroatoms. The molecule has 0 unspecified atom stereocenters. The van der Waals surface area contributed by atoms with E-state index >= 15 is 0 Å². The number of piperidine rings is 1. The van der Waals surface area contributed by atoms with Gasteiger partial charge in [0.25, 0.3) is 0 Å². The maximum absolute atomic E-state index is 12.1. The summed E-state index contributed by atoms with van der Waals surface area (Å²) in [5.74, 6) is 1.58. The van der Waals surface area contributed by atoms with E-state index in [2.05, 4.69) is 41.6 Å². The fraction of sp³-hybridized carbons (Fsp3) is 0.667. The van der Waals surface area contributed by atoms with Crippen LogP contribution in [0.15, 0.2) is 29.3 Å². The van der Waals surface area contributed by atoms with E-state index in [4.69, 9.17) is 9.73 Å². The molecule has 1 aromatic rings. The summed E-state index contributed by atoms with van der Waals surface area (Å²) in [6.07, 6.45) is 2.16. The highest BCUT2D eigenvalue weighted by atomic mass is 127. The van der Waals surface area contributed by atoms with Gasteiger partial charge in [-0.15, -0.1) is 24.0 Å². The van der Waals surface area contributed by atoms with Crippen molar-refractivity contribution in [3.63, 3.8) is 0 Å². The minimum Gasteiger partial charge on any atom is -0.444 e. The molecule has 0 aromatic heterocycles. The van der Waals surface area contributed by atoms with Crippen molar-refractivity contribution in [3.05, 3.63) is 35.4 Å². The Morgan fingerprint density at radius 2 is 1.75 bits per heavy atom. The van der Waals surface area contributed by atoms with Gasteiger partial charge in [-0.25, -0.2) is 9.79 Å². The first kappa shape index (κ1) is 28.5. The van der Waals surface area contributed by atoms with Crippen molar-refractivity contribution in [2.24, 2.45) is 10.9 Å². The first-order valence-electron chi connectivity index (χ1n) is 11.4. The summed E-state index contributed by atoms with van der Waals surface area (Å²) in [6.45, 7) is 13.0. The number of nitrogens with one attached hydrogen (secondary N) is 2. The summed E-state index contributed by atoms with van der Waals surface area (Å²) in [5, 5.41) is 6.85. The second-order valence-corrected chi connectivity index (χ2v) is 9.48. The monoisotopic (exact) mass is 559 g/mol. The number of amides is 1. The van der Waals surface area contributed by atoms with Crippen LogP contribution in [0, 0.1) is 5.92 Å². The second-order valence-electron chi connectivity index (χ2n) is 9.48. The molecule has 32 heavy (non-hydrogen) atoms. The third-order valence-corrected chi connectivity index (χ3v) is 5.31. The quantitative estimate of drug-likeness (QED) is 0.300. The number of nitrogens with zero attached hydrogens (tertiary/aromatic N) is 3. The number of aliphatic imine (C=N–C) groups is 1. The number of guanidine groups is 1. The Balaban J connectivity index is 0.00000512. The summed E-state index contributed by atoms with van der Waals surface area (Å²) < 4.78 is 5.41. The SMILES string of the molecule is CCNC(=NCc1ccc(CN(C)C(=O)OC(C)(C)C)cc1)NCC1CCN(C)CC1.I. The van der Waals surface area contributed by atoms with Gasteiger partial charge >= 0.3 is 6.09 Å². The third-order valence-electron chi connectivity index (χ3n) is 5.31. The molecule has 2 N–H and O–H groups in total. The van der Waals surface area contributed by atoms with Gasteiger partial charge in [-0.3, -0.25) is 0 Å². The average Bonchev–Trinajstić information content (AvgIpc) is 2.71. The van der Waals surface area contributed by atoms with Gasteiger partial charge in [0.05, 0.1) is 6.54 Å². The Kier molecular flexibility index (Phi) is 12.3. The van der Waals surface area contributed by atoms with E-state index in [1.807, 2.05) is 32.9 Å². The Labute approximate surface area is 211 Å². The predicted octanol–water partition coefficient (Wildman–Crippen LogP) is 4.07. The Morgan fingerprint density at radius 3 is 2.31 bits per heavy atom. The zero-order chi connectivity index (χ0) is 22.9. The van der Waals surface area contributed by atoms with Crippen LogP contribution in [0.4, 0.5) is 4.79 Å². The van der Waals surface area contributed by atoms with Gasteiger partial charge in [-0.1, -0.05) is 24.3 Å². The van der Waals surface area contributed by atoms with Gasteiger partial charge in [-0.05, 0) is 77.7 Å². The number of carbonyl (C=O) groups is 1. The van der Waals surface area contributed by atoms with E-state index in [0.29, 0.717) is 19.0 Å². The van der Waals surface area contributed by atoms with Crippen LogP contribution in [0.5, 0.6) is 0 Å². The Hall–Kier alpha value is -1.55. The van der Waals surface area contributed by atoms with E-state index in [1.54, 1.807) is 11.9 Å². The van der Waals surface area contributed by atoms with E-state index in [-0.39, 0.29) is 30.1 Å². The molecule has 0 atom stereocenters. The van der Waals surface area contributed by atoms with Crippen LogP contribution in [0.3, 0.4) is 0 Å². The van der Waals surface area contributed by atoms with Crippen molar-refractivity contribution in [2.45, 2.75) is 59.2 Å². The maximum atomic E-state index is 12.1. The fourth-order valence-electron chi connectivity index (χ4n) is 3.45. The molecule has 0 radical (unpaired) electrons. The molecule has 1 aromatic carbocycles. The summed E-state index contributed by atoms with van der Waals surface area (Å²) in [4.78, 5) is 20.9. The fourth-order valence-corrected chi connectivity index (χ4v) is 3.45. The summed E-state index contributed by atoms with van der Waals surface area (Å²) in [6, 6.07) is 8.24. The third kappa shape index (κ3) is 10.8. The zero-order valence-corrected chi connectivity index (χ0v) is 22.9. The van der Waals surface area contributed by atoms with Crippen molar-refractivity contribution in [1.29, 1.82) is 0 Å². The molecular formula is C24H42IN5O2. The van der Waals surface area contributed by atoms with Crippen LogP contribution in [0.2, 0.25) is 0 Å². The lowest BCUT2D eigenvalue weighted by molar-refractivity contribution is 0.0285. The highest BCUT2D eigenvalue weighted by Crippen LogP contribution is 2.15. The summed E-state index contributed by atoms with van der Waals surface area (Å²) in [7, 11) is 3.95.